The molecule has 360 valence electrons. The van der Waals surface area contributed by atoms with Gasteiger partial charge >= 0.3 is 35.3 Å². The van der Waals surface area contributed by atoms with Crippen molar-refractivity contribution in [1.82, 2.24) is 30.2 Å². The molecule has 0 radical (unpaired) electrons. The van der Waals surface area contributed by atoms with Crippen molar-refractivity contribution >= 4 is 109 Å². The third-order valence-electron chi connectivity index (χ3n) is 9.18. The van der Waals surface area contributed by atoms with Crippen LogP contribution < -0.4 is 21.7 Å². The molecule has 3 aromatic rings. The number of phosphoric acid groups is 3. The number of amides is 3. The van der Waals surface area contributed by atoms with Gasteiger partial charge in [0.25, 0.3) is 5.12 Å². The van der Waals surface area contributed by atoms with Gasteiger partial charge in [0, 0.05) is 41.3 Å². The predicted octanol–water partition coefficient (Wildman–Crippen LogP) is -0.148. The maximum atomic E-state index is 12.7. The van der Waals surface area contributed by atoms with Gasteiger partial charge in [0.05, 0.1) is 25.1 Å². The van der Waals surface area contributed by atoms with Crippen LogP contribution >= 0.6 is 58.3 Å². The van der Waals surface area contributed by atoms with Crippen LogP contribution in [0.4, 0.5) is 10.8 Å². The van der Waals surface area contributed by atoms with Gasteiger partial charge in [-0.3, -0.25) is 37.3 Å². The van der Waals surface area contributed by atoms with Gasteiger partial charge < -0.3 is 61.3 Å². The number of aromatic carboxylic acids is 1. The van der Waals surface area contributed by atoms with Gasteiger partial charge in [-0.25, -0.2) is 33.4 Å². The van der Waals surface area contributed by atoms with Crippen molar-refractivity contribution in [3.05, 3.63) is 28.7 Å². The molecule has 34 heteroatoms. The summed E-state index contributed by atoms with van der Waals surface area (Å²) in [6.45, 7) is -0.0570. The molecule has 0 bridgehead atoms. The number of aromatic nitrogens is 4. The van der Waals surface area contributed by atoms with Crippen molar-refractivity contribution < 1.29 is 95.2 Å². The third-order valence-corrected chi connectivity index (χ3v) is 15.5. The molecule has 1 saturated heterocycles. The molecule has 3 aromatic heterocycles. The van der Waals surface area contributed by atoms with Crippen molar-refractivity contribution in [2.75, 3.05) is 48.9 Å². The first-order valence-corrected chi connectivity index (χ1v) is 26.1. The molecule has 5 rings (SSSR count). The molecule has 0 spiro atoms. The Morgan fingerprint density at radius 3 is 2.46 bits per heavy atom. The monoisotopic (exact) mass is 1040 g/mol. The molecule has 7 unspecified atom stereocenters. The predicted molar refractivity (Wildman–Crippen MR) is 227 cm³/mol. The lowest BCUT2D eigenvalue weighted by atomic mass is 9.87. The van der Waals surface area contributed by atoms with Crippen molar-refractivity contribution in [2.45, 2.75) is 63.1 Å². The zero-order valence-electron chi connectivity index (χ0n) is 33.8. The summed E-state index contributed by atoms with van der Waals surface area (Å²) in [5, 5.41) is 37.5. The number of carboxylic acids is 1. The summed E-state index contributed by atoms with van der Waals surface area (Å²) in [4.78, 5) is 113. The second kappa shape index (κ2) is 21.7. The van der Waals surface area contributed by atoms with E-state index >= 15 is 0 Å². The highest BCUT2D eigenvalue weighted by atomic mass is 32.2. The maximum absolute atomic E-state index is 12.7. The number of nitrogens with two attached hydrogens (primary N) is 1. The Hall–Kier alpha value is -3.45. The van der Waals surface area contributed by atoms with Crippen LogP contribution in [0.3, 0.4) is 0 Å². The number of fused-ring (bicyclic) bond motifs is 2. The highest BCUT2D eigenvalue weighted by molar-refractivity contribution is 8.15. The van der Waals surface area contributed by atoms with E-state index in [1.165, 1.54) is 13.8 Å². The Labute approximate surface area is 379 Å². The summed E-state index contributed by atoms with van der Waals surface area (Å²) in [6.07, 6.45) is -6.73. The number of carbonyl (C=O) groups excluding carboxylic acids is 4. The molecule has 2 aliphatic rings. The highest BCUT2D eigenvalue weighted by Gasteiger charge is 2.50. The van der Waals surface area contributed by atoms with Gasteiger partial charge in [-0.2, -0.15) is 16.1 Å². The largest absolute Gasteiger partial charge is 0.481 e. The first-order chi connectivity index (χ1) is 30.3. The molecule has 2 aliphatic heterocycles. The number of nitrogens with one attached hydrogen (secondary N) is 3. The Bertz CT molecular complexity index is 2440. The van der Waals surface area contributed by atoms with Crippen LogP contribution in [0.25, 0.3) is 11.2 Å². The Balaban J connectivity index is 1.02. The van der Waals surface area contributed by atoms with E-state index in [1.54, 1.807) is 11.8 Å². The standard InChI is InChI=1S/C31H43N8O20P3S3/c1-31(2,22(42)25(43)34-5-3-17(40)33-6-8-64-30(47)26(44)38-27-18(29(45)46)14-4-7-63-10-16(14)65-27)11-56-62(53,54)59-61(51,52)55-9-15-21(58-60(48,49)50)20(41)28(57-15)39-13-37-19-23(32)35-12-36-24(19)39/h12-13,15,20-22,28,41-42H,3-11H2,1-2H3,(H,33,40)(H,34,43)(H,38,44)(H,45,46)(H,51,52)(H,53,54)(H2,32,35,36)(H2,48,49,50). The number of thiophene rings is 1. The summed E-state index contributed by atoms with van der Waals surface area (Å²) < 4.78 is 62.2. The summed E-state index contributed by atoms with van der Waals surface area (Å²) in [6, 6.07) is 0. The summed E-state index contributed by atoms with van der Waals surface area (Å²) in [5.41, 5.74) is 4.77. The molecule has 5 heterocycles. The molecular weight excluding hydrogens is 993 g/mol. The zero-order chi connectivity index (χ0) is 48.1. The fourth-order valence-electron chi connectivity index (χ4n) is 6.04. The number of hydrogen-bond donors (Lipinski definition) is 11. The van der Waals surface area contributed by atoms with Crippen LogP contribution in [0.5, 0.6) is 0 Å². The second-order valence-corrected chi connectivity index (χ2v) is 22.0. The van der Waals surface area contributed by atoms with E-state index in [9.17, 15) is 72.6 Å². The molecule has 1 fully saturated rings. The number of carbonyl (C=O) groups is 5. The van der Waals surface area contributed by atoms with Gasteiger partial charge in [-0.1, -0.05) is 25.6 Å². The van der Waals surface area contributed by atoms with Crippen LogP contribution in [0.15, 0.2) is 12.7 Å². The second-order valence-electron chi connectivity index (χ2n) is 14.5. The smallest absolute Gasteiger partial charge is 0.478 e. The number of rotatable bonds is 21. The van der Waals surface area contributed by atoms with E-state index in [1.807, 2.05) is 0 Å². The molecule has 0 saturated carbocycles. The van der Waals surface area contributed by atoms with Crippen molar-refractivity contribution in [3.8, 4) is 0 Å². The van der Waals surface area contributed by atoms with Crippen LogP contribution in [-0.4, -0.2) is 145 Å². The lowest BCUT2D eigenvalue weighted by Gasteiger charge is -2.30. The van der Waals surface area contributed by atoms with Crippen molar-refractivity contribution in [3.63, 3.8) is 0 Å². The summed E-state index contributed by atoms with van der Waals surface area (Å²) in [7, 11) is -16.5. The van der Waals surface area contributed by atoms with Gasteiger partial charge in [0.15, 0.2) is 17.7 Å². The highest BCUT2D eigenvalue weighted by Crippen LogP contribution is 2.61. The van der Waals surface area contributed by atoms with Crippen molar-refractivity contribution in [1.29, 1.82) is 0 Å². The average molecular weight is 1040 g/mol. The van der Waals surface area contributed by atoms with Crippen LogP contribution in [0, 0.1) is 5.41 Å². The first kappa shape index (κ1) is 52.5. The molecule has 7 atom stereocenters. The molecular formula is C31H43N8O20P3S3. The third kappa shape index (κ3) is 14.0. The number of thioether (sulfide) groups is 2. The molecule has 3 amide bonds. The number of nitrogens with zero attached hydrogens (tertiary/aromatic N) is 4. The molecule has 12 N–H and O–H groups in total. The van der Waals surface area contributed by atoms with Crippen LogP contribution in [0.2, 0.25) is 0 Å². The fourth-order valence-corrected chi connectivity index (χ4v) is 11.8. The minimum atomic E-state index is -5.62. The number of aliphatic hydroxyl groups is 2. The van der Waals surface area contributed by atoms with E-state index in [-0.39, 0.29) is 52.8 Å². The van der Waals surface area contributed by atoms with E-state index in [0.29, 0.717) is 29.5 Å². The van der Waals surface area contributed by atoms with Gasteiger partial charge in [0.2, 0.25) is 11.8 Å². The average Bonchev–Trinajstić information content (AvgIpc) is 3.90. The first-order valence-electron chi connectivity index (χ1n) is 18.6. The maximum Gasteiger partial charge on any atom is 0.481 e. The van der Waals surface area contributed by atoms with E-state index in [0.717, 1.165) is 39.2 Å². The van der Waals surface area contributed by atoms with E-state index < -0.39 is 102 Å². The Morgan fingerprint density at radius 2 is 1.77 bits per heavy atom. The number of nitrogen functional groups attached to an aromatic ring is 1. The zero-order valence-corrected chi connectivity index (χ0v) is 38.9. The summed E-state index contributed by atoms with van der Waals surface area (Å²) >= 11 is 3.32. The fraction of sp³-hybridized carbons (Fsp3) is 0.548. The van der Waals surface area contributed by atoms with Gasteiger partial charge in [-0.05, 0) is 17.7 Å². The lowest BCUT2D eigenvalue weighted by Crippen LogP contribution is -2.46. The molecule has 65 heavy (non-hydrogen) atoms. The molecule has 0 aromatic carbocycles. The number of anilines is 2. The normalized spacial score (nSPS) is 21.2. The quantitative estimate of drug-likeness (QED) is 0.0375. The van der Waals surface area contributed by atoms with E-state index in [4.69, 9.17) is 19.5 Å². The Kier molecular flexibility index (Phi) is 17.5. The number of ether oxygens (including phenoxy) is 1. The van der Waals surface area contributed by atoms with Crippen LogP contribution in [-0.2, 0) is 67.7 Å². The number of hydrogen-bond acceptors (Lipinski definition) is 22. The number of phosphoric ester groups is 3. The number of imidazole rings is 1. The number of carboxylic acid groups (broad SMARTS) is 1. The molecule has 28 nitrogen and oxygen atoms in total. The molecule has 0 aliphatic carbocycles. The number of aliphatic hydroxyl groups excluding tert-OH is 2. The topological polar surface area (TPSA) is 430 Å². The summed E-state index contributed by atoms with van der Waals surface area (Å²) in [5.74, 6) is -2.63. The minimum Gasteiger partial charge on any atom is -0.478 e. The minimum absolute atomic E-state index is 0.0118. The van der Waals surface area contributed by atoms with E-state index in [2.05, 4.69) is 39.7 Å². The SMILES string of the molecule is CC(C)(COP(=O)(O)OP(=O)(O)OCC1OC(n2cnc3c(N)ncnc32)C(O)C1OP(=O)(O)O)C(O)C(=O)NCCC(=O)NCCSC(=O)C(=O)Nc1sc2c(c1C(=O)O)CCSC2. The lowest BCUT2D eigenvalue weighted by molar-refractivity contribution is -0.137. The van der Waals surface area contributed by atoms with Crippen molar-refractivity contribution in [2.24, 2.45) is 5.41 Å². The van der Waals surface area contributed by atoms with Crippen LogP contribution in [0.1, 0.15) is 47.3 Å². The van der Waals surface area contributed by atoms with Gasteiger partial charge in [0.1, 0.15) is 41.3 Å². The Morgan fingerprint density at radius 1 is 1.06 bits per heavy atom. The van der Waals surface area contributed by atoms with Gasteiger partial charge in [-0.15, -0.1) is 11.3 Å².